The molecular formula is C21H21ClF3N3O3S. The molecule has 0 unspecified atom stereocenters. The summed E-state index contributed by atoms with van der Waals surface area (Å²) in [7, 11) is -4.42. The van der Waals surface area contributed by atoms with Gasteiger partial charge in [0, 0.05) is 17.5 Å². The molecule has 1 heterocycles. The summed E-state index contributed by atoms with van der Waals surface area (Å²) in [6, 6.07) is 12.9. The van der Waals surface area contributed by atoms with Crippen LogP contribution in [0.1, 0.15) is 23.5 Å². The third-order valence-electron chi connectivity index (χ3n) is 5.20. The van der Waals surface area contributed by atoms with Crippen molar-refractivity contribution in [2.24, 2.45) is 5.92 Å². The van der Waals surface area contributed by atoms with Crippen molar-refractivity contribution in [2.75, 3.05) is 26.2 Å². The molecule has 32 heavy (non-hydrogen) atoms. The van der Waals surface area contributed by atoms with Crippen LogP contribution in [0.4, 0.5) is 13.2 Å². The first-order valence-corrected chi connectivity index (χ1v) is 11.6. The molecule has 0 radical (unpaired) electrons. The molecule has 1 saturated heterocycles. The van der Waals surface area contributed by atoms with E-state index in [1.165, 1.54) is 10.8 Å². The van der Waals surface area contributed by atoms with Gasteiger partial charge in [-0.1, -0.05) is 23.7 Å². The molecular weight excluding hydrogens is 467 g/mol. The average molecular weight is 488 g/mol. The maximum atomic E-state index is 12.4. The van der Waals surface area contributed by atoms with Crippen molar-refractivity contribution in [2.45, 2.75) is 23.4 Å². The lowest BCUT2D eigenvalue weighted by atomic mass is 9.81. The third-order valence-corrected chi connectivity index (χ3v) is 6.85. The third kappa shape index (κ3) is 6.36. The summed E-state index contributed by atoms with van der Waals surface area (Å²) in [6.07, 6.45) is -3.80. The molecule has 3 rings (SSSR count). The van der Waals surface area contributed by atoms with Crippen LogP contribution in [-0.2, 0) is 10.0 Å². The summed E-state index contributed by atoms with van der Waals surface area (Å²) in [4.78, 5) is -0.441. The minimum absolute atomic E-state index is 0.0771. The monoisotopic (exact) mass is 487 g/mol. The van der Waals surface area contributed by atoms with Crippen LogP contribution in [0.2, 0.25) is 5.02 Å². The predicted molar refractivity (Wildman–Crippen MR) is 113 cm³/mol. The summed E-state index contributed by atoms with van der Waals surface area (Å²) in [5, 5.41) is 13.4. The van der Waals surface area contributed by atoms with E-state index in [-0.39, 0.29) is 29.8 Å². The topological polar surface area (TPSA) is 91.2 Å². The minimum atomic E-state index is -4.69. The number of rotatable bonds is 7. The quantitative estimate of drug-likeness (QED) is 0.619. The van der Waals surface area contributed by atoms with Crippen LogP contribution >= 0.6 is 11.6 Å². The summed E-state index contributed by atoms with van der Waals surface area (Å²) >= 11 is 5.98. The summed E-state index contributed by atoms with van der Waals surface area (Å²) in [5.74, 6) is 0.473. The minimum Gasteiger partial charge on any atom is -0.492 e. The van der Waals surface area contributed by atoms with E-state index in [1.807, 2.05) is 30.3 Å². The lowest BCUT2D eigenvalue weighted by molar-refractivity contribution is -0.121. The van der Waals surface area contributed by atoms with E-state index in [9.17, 15) is 26.9 Å². The zero-order valence-electron chi connectivity index (χ0n) is 16.8. The number of sulfonamides is 1. The van der Waals surface area contributed by atoms with Crippen molar-refractivity contribution in [1.29, 1.82) is 5.26 Å². The lowest BCUT2D eigenvalue weighted by Gasteiger charge is -2.32. The van der Waals surface area contributed by atoms with Crippen LogP contribution in [0, 0.1) is 17.2 Å². The molecule has 2 aromatic carbocycles. The van der Waals surface area contributed by atoms with Gasteiger partial charge in [-0.05, 0) is 54.8 Å². The number of hydrogen-bond acceptors (Lipinski definition) is 5. The normalized spacial score (nSPS) is 19.3. The molecule has 172 valence electrons. The molecule has 2 N–H and O–H groups in total. The number of hydrogen-bond donors (Lipinski definition) is 2. The molecule has 1 aliphatic heterocycles. The van der Waals surface area contributed by atoms with Crippen molar-refractivity contribution >= 4 is 21.6 Å². The van der Waals surface area contributed by atoms with Crippen LogP contribution in [0.5, 0.6) is 5.75 Å². The predicted octanol–water partition coefficient (Wildman–Crippen LogP) is 3.82. The Morgan fingerprint density at radius 1 is 1.22 bits per heavy atom. The molecule has 0 spiro atoms. The molecule has 0 aliphatic carbocycles. The Morgan fingerprint density at radius 2 is 1.94 bits per heavy atom. The molecule has 1 aliphatic rings. The number of ether oxygens (including phenoxy) is 1. The highest BCUT2D eigenvalue weighted by atomic mass is 35.5. The van der Waals surface area contributed by atoms with Crippen LogP contribution in [0.3, 0.4) is 0 Å². The first kappa shape index (κ1) is 24.3. The fourth-order valence-electron chi connectivity index (χ4n) is 3.59. The Balaban J connectivity index is 1.73. The van der Waals surface area contributed by atoms with Crippen molar-refractivity contribution in [3.63, 3.8) is 0 Å². The van der Waals surface area contributed by atoms with Crippen molar-refractivity contribution in [3.05, 3.63) is 58.6 Å². The van der Waals surface area contributed by atoms with E-state index < -0.39 is 27.6 Å². The van der Waals surface area contributed by atoms with E-state index in [0.29, 0.717) is 11.6 Å². The fourth-order valence-corrected chi connectivity index (χ4v) is 4.76. The smallest absolute Gasteiger partial charge is 0.402 e. The van der Waals surface area contributed by atoms with Gasteiger partial charge in [0.05, 0.1) is 17.1 Å². The van der Waals surface area contributed by atoms with Crippen LogP contribution in [-0.4, -0.2) is 40.8 Å². The van der Waals surface area contributed by atoms with Gasteiger partial charge in [0.15, 0.2) is 0 Å². The average Bonchev–Trinajstić information content (AvgIpc) is 2.76. The standard InChI is InChI=1S/C21H21ClF3N3O3S/c22-17-3-1-14(2-4-17)19-7-8-27-11-16(19)12-31-20-6-5-18(9-15(20)10-26)32(29,30)28-13-21(23,24)25/h1-6,9,16,19,27-28H,7-8,11-13H2/t16-,19-/m0/s1. The molecule has 0 aromatic heterocycles. The van der Waals surface area contributed by atoms with Crippen LogP contribution in [0.25, 0.3) is 0 Å². The van der Waals surface area contributed by atoms with Crippen molar-refractivity contribution < 1.29 is 26.3 Å². The Morgan fingerprint density at radius 3 is 2.59 bits per heavy atom. The van der Waals surface area contributed by atoms with Gasteiger partial charge >= 0.3 is 6.18 Å². The second-order valence-electron chi connectivity index (χ2n) is 7.43. The van der Waals surface area contributed by atoms with Gasteiger partial charge in [0.2, 0.25) is 10.0 Å². The summed E-state index contributed by atoms with van der Waals surface area (Å²) in [5.41, 5.74) is 1.05. The second kappa shape index (κ2) is 10.1. The second-order valence-corrected chi connectivity index (χ2v) is 9.63. The molecule has 1 fully saturated rings. The maximum Gasteiger partial charge on any atom is 0.402 e. The van der Waals surface area contributed by atoms with Gasteiger partial charge in [0.1, 0.15) is 18.4 Å². The van der Waals surface area contributed by atoms with Gasteiger partial charge in [0.25, 0.3) is 0 Å². The summed E-state index contributed by atoms with van der Waals surface area (Å²) < 4.78 is 68.6. The molecule has 6 nitrogen and oxygen atoms in total. The summed E-state index contributed by atoms with van der Waals surface area (Å²) in [6.45, 7) is 0.122. The molecule has 2 atom stereocenters. The van der Waals surface area contributed by atoms with E-state index in [2.05, 4.69) is 5.32 Å². The molecule has 0 saturated carbocycles. The van der Waals surface area contributed by atoms with Crippen LogP contribution < -0.4 is 14.8 Å². The number of nitrogens with zero attached hydrogens (tertiary/aromatic N) is 1. The maximum absolute atomic E-state index is 12.4. The van der Waals surface area contributed by atoms with E-state index in [1.54, 1.807) is 0 Å². The first-order valence-electron chi connectivity index (χ1n) is 9.78. The zero-order valence-corrected chi connectivity index (χ0v) is 18.4. The molecule has 0 amide bonds. The molecule has 2 aromatic rings. The van der Waals surface area contributed by atoms with E-state index in [0.717, 1.165) is 30.7 Å². The number of benzene rings is 2. The number of piperidine rings is 1. The van der Waals surface area contributed by atoms with Gasteiger partial charge < -0.3 is 10.1 Å². The first-order chi connectivity index (χ1) is 15.1. The fraction of sp³-hybridized carbons (Fsp3) is 0.381. The van der Waals surface area contributed by atoms with Gasteiger partial charge in [-0.25, -0.2) is 13.1 Å². The van der Waals surface area contributed by atoms with Crippen molar-refractivity contribution in [3.8, 4) is 11.8 Å². The lowest BCUT2D eigenvalue weighted by Crippen LogP contribution is -2.38. The van der Waals surface area contributed by atoms with Crippen molar-refractivity contribution in [1.82, 2.24) is 10.0 Å². The molecule has 0 bridgehead atoms. The number of halogens is 4. The Hall–Kier alpha value is -2.32. The highest BCUT2D eigenvalue weighted by molar-refractivity contribution is 7.89. The Labute approximate surface area is 189 Å². The van der Waals surface area contributed by atoms with E-state index >= 15 is 0 Å². The Bertz CT molecular complexity index is 1090. The van der Waals surface area contributed by atoms with Crippen LogP contribution in [0.15, 0.2) is 47.4 Å². The highest BCUT2D eigenvalue weighted by Crippen LogP contribution is 2.32. The largest absolute Gasteiger partial charge is 0.492 e. The van der Waals surface area contributed by atoms with Gasteiger partial charge in [-0.15, -0.1) is 0 Å². The Kier molecular flexibility index (Phi) is 7.67. The van der Waals surface area contributed by atoms with Gasteiger partial charge in [-0.2, -0.15) is 18.4 Å². The SMILES string of the molecule is N#Cc1cc(S(=O)(=O)NCC(F)(F)F)ccc1OC[C@@H]1CNCC[C@H]1c1ccc(Cl)cc1. The number of alkyl halides is 3. The number of nitrogens with one attached hydrogen (secondary N) is 2. The zero-order chi connectivity index (χ0) is 23.4. The number of nitriles is 1. The van der Waals surface area contributed by atoms with Gasteiger partial charge in [-0.3, -0.25) is 0 Å². The highest BCUT2D eigenvalue weighted by Gasteiger charge is 2.31. The van der Waals surface area contributed by atoms with E-state index in [4.69, 9.17) is 16.3 Å². The molecule has 11 heteroatoms.